The maximum absolute atomic E-state index is 9.94. The number of aliphatic hydroxyl groups excluding tert-OH is 4. The molecule has 0 aromatic carbocycles. The molecule has 4 N–H and O–H groups in total. The summed E-state index contributed by atoms with van der Waals surface area (Å²) in [6.07, 6.45) is 4.63. The molecule has 1 rings (SSSR count). The second kappa shape index (κ2) is 12.0. The Morgan fingerprint density at radius 1 is 0.739 bits per heavy atom. The molecule has 0 radical (unpaired) electrons. The molecule has 1 heterocycles. The molecule has 7 heteroatoms. The Hall–Kier alpha value is 0.500. The van der Waals surface area contributed by atoms with Gasteiger partial charge in [0.05, 0.1) is 12.7 Å². The van der Waals surface area contributed by atoms with Crippen LogP contribution in [0.1, 0.15) is 57.8 Å². The van der Waals surface area contributed by atoms with Crippen molar-refractivity contribution in [1.29, 1.82) is 0 Å². The minimum absolute atomic E-state index is 0.188. The summed E-state index contributed by atoms with van der Waals surface area (Å²) >= 11 is 8.47. The van der Waals surface area contributed by atoms with Crippen molar-refractivity contribution in [3.8, 4) is 0 Å². The first kappa shape index (κ1) is 21.5. The lowest BCUT2D eigenvalue weighted by Crippen LogP contribution is -2.58. The van der Waals surface area contributed by atoms with Crippen LogP contribution in [0.4, 0.5) is 0 Å². The van der Waals surface area contributed by atoms with Crippen LogP contribution in [-0.2, 0) is 4.74 Å². The fourth-order valence-corrected chi connectivity index (χ4v) is 3.34. The molecule has 0 aromatic rings. The fraction of sp³-hybridized carbons (Fsp3) is 1.00. The summed E-state index contributed by atoms with van der Waals surface area (Å²) in [5.74, 6) is 0. The van der Waals surface area contributed by atoms with Crippen LogP contribution in [0.25, 0.3) is 0 Å². The highest BCUT2D eigenvalue weighted by molar-refractivity contribution is 7.99. The topological polar surface area (TPSA) is 90.2 Å². The number of hydrogen-bond acceptors (Lipinski definition) is 7. The third kappa shape index (κ3) is 7.94. The zero-order chi connectivity index (χ0) is 17.2. The Labute approximate surface area is 150 Å². The van der Waals surface area contributed by atoms with Crippen LogP contribution in [-0.4, -0.2) is 62.1 Å². The van der Waals surface area contributed by atoms with E-state index in [4.69, 9.17) is 9.84 Å². The monoisotopic (exact) mass is 368 g/mol. The molecule has 1 saturated heterocycles. The maximum atomic E-state index is 9.94. The number of hydrogen-bond donors (Lipinski definition) is 6. The van der Waals surface area contributed by atoms with Crippen molar-refractivity contribution in [2.45, 2.75) is 92.9 Å². The predicted molar refractivity (Wildman–Crippen MR) is 97.1 cm³/mol. The lowest BCUT2D eigenvalue weighted by molar-refractivity contribution is -0.230. The molecule has 0 amide bonds. The van der Waals surface area contributed by atoms with E-state index >= 15 is 0 Å². The lowest BCUT2D eigenvalue weighted by atomic mass is 9.92. The number of rotatable bonds is 11. The molecule has 0 aliphatic carbocycles. The van der Waals surface area contributed by atoms with E-state index < -0.39 is 30.5 Å². The van der Waals surface area contributed by atoms with Gasteiger partial charge in [-0.1, -0.05) is 44.9 Å². The standard InChI is InChI=1S/C16H32O5S2/c17-10-12-15(19)16(20)14(18)11(21-12)8-6-4-2-1-3-5-7-9-13(22)23/h11-20,22-23H,1-10H2/t11?,12-,14+,15-,16-/m1/s1. The number of ether oxygens (including phenoxy) is 1. The minimum atomic E-state index is -1.26. The van der Waals surface area contributed by atoms with Gasteiger partial charge in [0, 0.05) is 4.58 Å². The highest BCUT2D eigenvalue weighted by Gasteiger charge is 2.42. The number of aliphatic hydroxyl groups is 4. The van der Waals surface area contributed by atoms with Crippen LogP contribution < -0.4 is 0 Å². The van der Waals surface area contributed by atoms with E-state index in [1.807, 2.05) is 0 Å². The van der Waals surface area contributed by atoms with Crippen molar-refractivity contribution in [1.82, 2.24) is 0 Å². The van der Waals surface area contributed by atoms with Gasteiger partial charge in [-0.05, 0) is 12.8 Å². The van der Waals surface area contributed by atoms with Gasteiger partial charge in [-0.15, -0.1) is 0 Å². The SMILES string of the molecule is OC[C@H]1OC(CCCCCCCCCC(S)S)[C@H](O)[C@@H](O)[C@@H]1O. The molecule has 0 aromatic heterocycles. The third-order valence-corrected chi connectivity index (χ3v) is 4.96. The van der Waals surface area contributed by atoms with E-state index in [9.17, 15) is 15.3 Å². The molecule has 0 saturated carbocycles. The Morgan fingerprint density at radius 3 is 1.83 bits per heavy atom. The van der Waals surface area contributed by atoms with Crippen LogP contribution in [0.15, 0.2) is 0 Å². The van der Waals surface area contributed by atoms with Gasteiger partial charge in [0.1, 0.15) is 24.4 Å². The van der Waals surface area contributed by atoms with Crippen LogP contribution in [0.5, 0.6) is 0 Å². The van der Waals surface area contributed by atoms with E-state index in [1.54, 1.807) is 0 Å². The first-order chi connectivity index (χ1) is 11.0. The van der Waals surface area contributed by atoms with E-state index in [2.05, 4.69) is 25.3 Å². The molecular formula is C16H32O5S2. The second-order valence-electron chi connectivity index (χ2n) is 6.40. The van der Waals surface area contributed by atoms with Gasteiger partial charge >= 0.3 is 0 Å². The van der Waals surface area contributed by atoms with Gasteiger partial charge < -0.3 is 25.2 Å². The molecule has 0 bridgehead atoms. The molecule has 5 nitrogen and oxygen atoms in total. The molecule has 1 unspecified atom stereocenters. The van der Waals surface area contributed by atoms with Crippen LogP contribution in [0.3, 0.4) is 0 Å². The van der Waals surface area contributed by atoms with E-state index in [-0.39, 0.29) is 11.2 Å². The first-order valence-corrected chi connectivity index (χ1v) is 9.67. The van der Waals surface area contributed by atoms with Gasteiger partial charge in [0.15, 0.2) is 0 Å². The van der Waals surface area contributed by atoms with Crippen molar-refractivity contribution in [2.75, 3.05) is 6.61 Å². The van der Waals surface area contributed by atoms with Gasteiger partial charge in [0.25, 0.3) is 0 Å². The average Bonchev–Trinajstić information content (AvgIpc) is 2.52. The quantitative estimate of drug-likeness (QED) is 0.189. The summed E-state index contributed by atoms with van der Waals surface area (Å²) < 4.78 is 5.68. The highest BCUT2D eigenvalue weighted by atomic mass is 32.2. The van der Waals surface area contributed by atoms with Crippen molar-refractivity contribution in [2.24, 2.45) is 0 Å². The fourth-order valence-electron chi connectivity index (χ4n) is 2.97. The number of thiol groups is 2. The summed E-state index contributed by atoms with van der Waals surface area (Å²) in [4.78, 5) is 0. The zero-order valence-electron chi connectivity index (χ0n) is 13.6. The van der Waals surface area contributed by atoms with Crippen molar-refractivity contribution in [3.05, 3.63) is 0 Å². The smallest absolute Gasteiger partial charge is 0.111 e. The average molecular weight is 369 g/mol. The normalized spacial score (nSPS) is 31.7. The molecular weight excluding hydrogens is 336 g/mol. The highest BCUT2D eigenvalue weighted by Crippen LogP contribution is 2.25. The summed E-state index contributed by atoms with van der Waals surface area (Å²) in [5, 5.41) is 38.5. The first-order valence-electron chi connectivity index (χ1n) is 8.64. The van der Waals surface area contributed by atoms with Crippen LogP contribution in [0.2, 0.25) is 0 Å². The maximum Gasteiger partial charge on any atom is 0.111 e. The third-order valence-electron chi connectivity index (χ3n) is 4.44. The van der Waals surface area contributed by atoms with E-state index in [1.165, 1.54) is 25.7 Å². The van der Waals surface area contributed by atoms with Gasteiger partial charge in [0.2, 0.25) is 0 Å². The zero-order valence-corrected chi connectivity index (χ0v) is 15.4. The Balaban J connectivity index is 2.08. The Morgan fingerprint density at radius 2 is 1.26 bits per heavy atom. The molecule has 1 fully saturated rings. The Bertz CT molecular complexity index is 304. The molecule has 1 aliphatic heterocycles. The summed E-state index contributed by atoms with van der Waals surface area (Å²) in [6, 6.07) is 0. The van der Waals surface area contributed by atoms with Crippen molar-refractivity contribution in [3.63, 3.8) is 0 Å². The molecule has 23 heavy (non-hydrogen) atoms. The largest absolute Gasteiger partial charge is 0.394 e. The van der Waals surface area contributed by atoms with Gasteiger partial charge in [-0.3, -0.25) is 0 Å². The molecule has 0 spiro atoms. The van der Waals surface area contributed by atoms with Crippen molar-refractivity contribution >= 4 is 25.3 Å². The van der Waals surface area contributed by atoms with Gasteiger partial charge in [-0.2, -0.15) is 25.3 Å². The van der Waals surface area contributed by atoms with Crippen molar-refractivity contribution < 1.29 is 25.2 Å². The molecule has 1 aliphatic rings. The lowest BCUT2D eigenvalue weighted by Gasteiger charge is -2.40. The summed E-state index contributed by atoms with van der Waals surface area (Å²) in [7, 11) is 0. The minimum Gasteiger partial charge on any atom is -0.394 e. The van der Waals surface area contributed by atoms with E-state index in [0.717, 1.165) is 25.7 Å². The van der Waals surface area contributed by atoms with Crippen LogP contribution in [0, 0.1) is 0 Å². The van der Waals surface area contributed by atoms with E-state index in [0.29, 0.717) is 6.42 Å². The summed E-state index contributed by atoms with van der Waals surface area (Å²) in [6.45, 7) is -0.360. The predicted octanol–water partition coefficient (Wildman–Crippen LogP) is 1.53. The molecule has 138 valence electrons. The second-order valence-corrected chi connectivity index (χ2v) is 8.05. The summed E-state index contributed by atoms with van der Waals surface area (Å²) in [5.41, 5.74) is 0. The Kier molecular flexibility index (Phi) is 11.2. The number of unbranched alkanes of at least 4 members (excludes halogenated alkanes) is 6. The van der Waals surface area contributed by atoms with Crippen LogP contribution >= 0.6 is 25.3 Å². The molecule has 5 atom stereocenters. The van der Waals surface area contributed by atoms with Gasteiger partial charge in [-0.25, -0.2) is 0 Å².